The molecule has 1 heterocycles. The van der Waals surface area contributed by atoms with Crippen LogP contribution in [0.25, 0.3) is 0 Å². The first-order valence-corrected chi connectivity index (χ1v) is 11.2. The van der Waals surface area contributed by atoms with E-state index in [2.05, 4.69) is 0 Å². The van der Waals surface area contributed by atoms with Crippen molar-refractivity contribution < 1.29 is 23.9 Å². The van der Waals surface area contributed by atoms with Gasteiger partial charge in [-0.15, -0.1) is 11.3 Å². The Labute approximate surface area is 195 Å². The average Bonchev–Trinajstić information content (AvgIpc) is 3.12. The Kier molecular flexibility index (Phi) is 7.74. The molecule has 0 unspecified atom stereocenters. The molecular formula is C25H24N2O5S. The summed E-state index contributed by atoms with van der Waals surface area (Å²) in [5.74, 6) is -2.52. The number of thiophene rings is 1. The number of hydrogen-bond donors (Lipinski definition) is 1. The highest BCUT2D eigenvalue weighted by atomic mass is 32.1. The SMILES string of the molecule is CCOC(=O)c1c(N(C(=O)Cc2ccccc2)C(=O)Cc2ccccc2)sc(C(N)=O)c1C. The van der Waals surface area contributed by atoms with Gasteiger partial charge in [0.15, 0.2) is 0 Å². The number of rotatable bonds is 8. The van der Waals surface area contributed by atoms with Crippen molar-refractivity contribution in [3.63, 3.8) is 0 Å². The van der Waals surface area contributed by atoms with E-state index < -0.39 is 23.7 Å². The zero-order valence-electron chi connectivity index (χ0n) is 18.4. The highest BCUT2D eigenvalue weighted by molar-refractivity contribution is 7.19. The van der Waals surface area contributed by atoms with E-state index >= 15 is 0 Å². The Morgan fingerprint density at radius 3 is 1.79 bits per heavy atom. The average molecular weight is 465 g/mol. The number of primary amides is 1. The van der Waals surface area contributed by atoms with Gasteiger partial charge in [0.1, 0.15) is 5.00 Å². The van der Waals surface area contributed by atoms with Gasteiger partial charge >= 0.3 is 5.97 Å². The van der Waals surface area contributed by atoms with Crippen molar-refractivity contribution in [3.05, 3.63) is 87.8 Å². The van der Waals surface area contributed by atoms with Crippen LogP contribution in [0.15, 0.2) is 60.7 Å². The fourth-order valence-electron chi connectivity index (χ4n) is 3.40. The van der Waals surface area contributed by atoms with Gasteiger partial charge in [0, 0.05) is 0 Å². The minimum Gasteiger partial charge on any atom is -0.462 e. The lowest BCUT2D eigenvalue weighted by atomic mass is 10.1. The summed E-state index contributed by atoms with van der Waals surface area (Å²) in [5, 5.41) is 0.0432. The van der Waals surface area contributed by atoms with E-state index in [-0.39, 0.29) is 40.5 Å². The molecule has 3 aromatic rings. The van der Waals surface area contributed by atoms with Crippen LogP contribution in [0.3, 0.4) is 0 Å². The number of carbonyl (C=O) groups excluding carboxylic acids is 4. The number of esters is 1. The number of nitrogens with zero attached hydrogens (tertiary/aromatic N) is 1. The molecule has 0 radical (unpaired) electrons. The van der Waals surface area contributed by atoms with Crippen molar-refractivity contribution in [1.82, 2.24) is 0 Å². The molecule has 0 saturated heterocycles. The summed E-state index contributed by atoms with van der Waals surface area (Å²) in [6, 6.07) is 17.9. The molecule has 33 heavy (non-hydrogen) atoms. The molecule has 0 aliphatic carbocycles. The van der Waals surface area contributed by atoms with Crippen LogP contribution >= 0.6 is 11.3 Å². The number of anilines is 1. The first-order chi connectivity index (χ1) is 15.8. The van der Waals surface area contributed by atoms with E-state index in [1.54, 1.807) is 62.4 Å². The van der Waals surface area contributed by atoms with Crippen LogP contribution < -0.4 is 10.6 Å². The third-order valence-electron chi connectivity index (χ3n) is 4.93. The largest absolute Gasteiger partial charge is 0.462 e. The summed E-state index contributed by atoms with van der Waals surface area (Å²) in [6.45, 7) is 3.29. The van der Waals surface area contributed by atoms with E-state index in [0.717, 1.165) is 16.2 Å². The smallest absolute Gasteiger partial charge is 0.341 e. The fourth-order valence-corrected chi connectivity index (χ4v) is 4.58. The molecule has 0 fully saturated rings. The number of benzene rings is 2. The number of amides is 3. The van der Waals surface area contributed by atoms with Gasteiger partial charge in [-0.2, -0.15) is 0 Å². The predicted octanol–water partition coefficient (Wildman–Crippen LogP) is 3.68. The first-order valence-electron chi connectivity index (χ1n) is 10.4. The maximum absolute atomic E-state index is 13.4. The summed E-state index contributed by atoms with van der Waals surface area (Å²) >= 11 is 0.843. The lowest BCUT2D eigenvalue weighted by molar-refractivity contribution is -0.125. The van der Waals surface area contributed by atoms with Gasteiger partial charge in [0.05, 0.1) is 29.9 Å². The molecule has 8 heteroatoms. The second-order valence-electron chi connectivity index (χ2n) is 7.27. The summed E-state index contributed by atoms with van der Waals surface area (Å²) in [5.41, 5.74) is 7.20. The molecule has 0 saturated carbocycles. The number of imide groups is 1. The molecule has 0 bridgehead atoms. The molecule has 0 aliphatic rings. The summed E-state index contributed by atoms with van der Waals surface area (Å²) in [6.07, 6.45) is -0.126. The first kappa shape index (κ1) is 23.9. The number of nitrogens with two attached hydrogens (primary N) is 1. The third-order valence-corrected chi connectivity index (χ3v) is 6.22. The normalized spacial score (nSPS) is 10.5. The molecule has 3 amide bonds. The van der Waals surface area contributed by atoms with Crippen molar-refractivity contribution in [2.45, 2.75) is 26.7 Å². The van der Waals surface area contributed by atoms with Crippen molar-refractivity contribution in [2.75, 3.05) is 11.5 Å². The standard InChI is InChI=1S/C25H24N2O5S/c1-3-32-25(31)21-16(2)22(23(26)30)33-24(21)27(19(28)14-17-10-6-4-7-11-17)20(29)15-18-12-8-5-9-13-18/h4-13H,3,14-15H2,1-2H3,(H2,26,30). The number of hydrogen-bond acceptors (Lipinski definition) is 6. The van der Waals surface area contributed by atoms with Crippen molar-refractivity contribution in [3.8, 4) is 0 Å². The van der Waals surface area contributed by atoms with Crippen LogP contribution in [-0.2, 0) is 27.2 Å². The lowest BCUT2D eigenvalue weighted by Crippen LogP contribution is -2.39. The molecule has 1 aromatic heterocycles. The Bertz CT molecular complexity index is 1120. The second kappa shape index (κ2) is 10.7. The molecule has 3 rings (SSSR count). The number of ether oxygens (including phenoxy) is 1. The van der Waals surface area contributed by atoms with Crippen molar-refractivity contribution in [1.29, 1.82) is 0 Å². The summed E-state index contributed by atoms with van der Waals surface area (Å²) < 4.78 is 5.16. The number of carbonyl (C=O) groups is 4. The third kappa shape index (κ3) is 5.53. The van der Waals surface area contributed by atoms with Crippen LogP contribution in [0.1, 0.15) is 43.6 Å². The van der Waals surface area contributed by atoms with Crippen LogP contribution in [0, 0.1) is 6.92 Å². The molecule has 2 N–H and O–H groups in total. The minimum atomic E-state index is -0.750. The molecule has 170 valence electrons. The van der Waals surface area contributed by atoms with Gasteiger partial charge in [-0.25, -0.2) is 9.69 Å². The zero-order chi connectivity index (χ0) is 24.0. The van der Waals surface area contributed by atoms with E-state index in [0.29, 0.717) is 11.1 Å². The van der Waals surface area contributed by atoms with Gasteiger partial charge in [0.2, 0.25) is 11.8 Å². The van der Waals surface area contributed by atoms with E-state index in [1.165, 1.54) is 0 Å². The highest BCUT2D eigenvalue weighted by Crippen LogP contribution is 2.37. The van der Waals surface area contributed by atoms with Gasteiger partial charge in [-0.3, -0.25) is 14.4 Å². The van der Waals surface area contributed by atoms with Crippen LogP contribution in [-0.4, -0.2) is 30.3 Å². The summed E-state index contributed by atoms with van der Waals surface area (Å²) in [4.78, 5) is 52.7. The Hall–Kier alpha value is -3.78. The molecule has 2 aromatic carbocycles. The van der Waals surface area contributed by atoms with Crippen LogP contribution in [0.5, 0.6) is 0 Å². The Balaban J connectivity index is 2.10. The maximum atomic E-state index is 13.4. The van der Waals surface area contributed by atoms with Gasteiger partial charge in [0.25, 0.3) is 5.91 Å². The predicted molar refractivity (Wildman–Crippen MR) is 126 cm³/mol. The highest BCUT2D eigenvalue weighted by Gasteiger charge is 2.34. The molecule has 0 aliphatic heterocycles. The second-order valence-corrected chi connectivity index (χ2v) is 8.27. The van der Waals surface area contributed by atoms with Crippen molar-refractivity contribution in [2.24, 2.45) is 5.73 Å². The fraction of sp³-hybridized carbons (Fsp3) is 0.200. The quantitative estimate of drug-likeness (QED) is 0.512. The Morgan fingerprint density at radius 2 is 1.36 bits per heavy atom. The zero-order valence-corrected chi connectivity index (χ0v) is 19.2. The lowest BCUT2D eigenvalue weighted by Gasteiger charge is -2.21. The van der Waals surface area contributed by atoms with Gasteiger partial charge in [-0.05, 0) is 30.5 Å². The van der Waals surface area contributed by atoms with E-state index in [9.17, 15) is 19.2 Å². The minimum absolute atomic E-state index is 0.00141. The topological polar surface area (TPSA) is 107 Å². The maximum Gasteiger partial charge on any atom is 0.341 e. The van der Waals surface area contributed by atoms with E-state index in [1.807, 2.05) is 12.1 Å². The van der Waals surface area contributed by atoms with Crippen LogP contribution in [0.2, 0.25) is 0 Å². The Morgan fingerprint density at radius 1 is 0.879 bits per heavy atom. The molecule has 0 spiro atoms. The molecule has 7 nitrogen and oxygen atoms in total. The van der Waals surface area contributed by atoms with Gasteiger partial charge in [-0.1, -0.05) is 60.7 Å². The van der Waals surface area contributed by atoms with Gasteiger partial charge < -0.3 is 10.5 Å². The monoisotopic (exact) mass is 464 g/mol. The molecular weight excluding hydrogens is 440 g/mol. The van der Waals surface area contributed by atoms with E-state index in [4.69, 9.17) is 10.5 Å². The molecule has 0 atom stereocenters. The van der Waals surface area contributed by atoms with Crippen molar-refractivity contribution >= 4 is 40.0 Å². The van der Waals surface area contributed by atoms with Crippen LogP contribution in [0.4, 0.5) is 5.00 Å². The summed E-state index contributed by atoms with van der Waals surface area (Å²) in [7, 11) is 0.